The van der Waals surface area contributed by atoms with Crippen LogP contribution in [0, 0.1) is 17.0 Å². The number of nitro groups is 1. The summed E-state index contributed by atoms with van der Waals surface area (Å²) in [6, 6.07) is 2.44. The van der Waals surface area contributed by atoms with Gasteiger partial charge in [0.2, 0.25) is 10.0 Å². The highest BCUT2D eigenvalue weighted by molar-refractivity contribution is 9.10. The summed E-state index contributed by atoms with van der Waals surface area (Å²) in [6.07, 6.45) is 0. The van der Waals surface area contributed by atoms with Crippen molar-refractivity contribution >= 4 is 31.6 Å². The molecule has 16 heavy (non-hydrogen) atoms. The van der Waals surface area contributed by atoms with E-state index >= 15 is 0 Å². The predicted molar refractivity (Wildman–Crippen MR) is 61.8 cm³/mol. The van der Waals surface area contributed by atoms with E-state index in [-0.39, 0.29) is 10.6 Å². The van der Waals surface area contributed by atoms with Crippen molar-refractivity contribution in [3.05, 3.63) is 32.3 Å². The number of rotatable bonds is 3. The van der Waals surface area contributed by atoms with E-state index in [1.807, 2.05) is 0 Å². The molecule has 1 rings (SSSR count). The van der Waals surface area contributed by atoms with Crippen molar-refractivity contribution in [2.24, 2.45) is 0 Å². The molecular formula is C8H9BrN2O4S. The zero-order valence-corrected chi connectivity index (χ0v) is 10.9. The van der Waals surface area contributed by atoms with Crippen LogP contribution in [-0.4, -0.2) is 20.4 Å². The third-order valence-electron chi connectivity index (χ3n) is 2.01. The Kier molecular flexibility index (Phi) is 3.66. The van der Waals surface area contributed by atoms with Crippen LogP contribution in [0.4, 0.5) is 5.69 Å². The molecule has 0 saturated heterocycles. The van der Waals surface area contributed by atoms with Gasteiger partial charge >= 0.3 is 0 Å². The van der Waals surface area contributed by atoms with E-state index < -0.39 is 14.9 Å². The Bertz CT molecular complexity index is 541. The molecule has 0 unspecified atom stereocenters. The fourth-order valence-electron chi connectivity index (χ4n) is 1.15. The predicted octanol–water partition coefficient (Wildman–Crippen LogP) is 1.57. The average molecular weight is 309 g/mol. The Labute approximate surface area is 101 Å². The summed E-state index contributed by atoms with van der Waals surface area (Å²) in [7, 11) is -2.46. The highest BCUT2D eigenvalue weighted by atomic mass is 79.9. The van der Waals surface area contributed by atoms with Gasteiger partial charge in [-0.3, -0.25) is 10.1 Å². The van der Waals surface area contributed by atoms with Gasteiger partial charge in [0.25, 0.3) is 5.69 Å². The van der Waals surface area contributed by atoms with Crippen LogP contribution in [0.5, 0.6) is 0 Å². The summed E-state index contributed by atoms with van der Waals surface area (Å²) in [5.41, 5.74) is 0.170. The maximum Gasteiger partial charge on any atom is 0.273 e. The molecule has 0 aromatic heterocycles. The molecule has 1 aromatic carbocycles. The topological polar surface area (TPSA) is 89.3 Å². The van der Waals surface area contributed by atoms with E-state index in [0.717, 1.165) is 6.07 Å². The van der Waals surface area contributed by atoms with Gasteiger partial charge in [0, 0.05) is 16.1 Å². The first-order valence-electron chi connectivity index (χ1n) is 4.17. The van der Waals surface area contributed by atoms with Crippen LogP contribution in [-0.2, 0) is 10.0 Å². The van der Waals surface area contributed by atoms with Gasteiger partial charge in [-0.1, -0.05) is 0 Å². The van der Waals surface area contributed by atoms with Crippen molar-refractivity contribution in [2.45, 2.75) is 11.8 Å². The lowest BCUT2D eigenvalue weighted by Gasteiger charge is -2.06. The Morgan fingerprint density at radius 1 is 1.44 bits per heavy atom. The van der Waals surface area contributed by atoms with Gasteiger partial charge in [-0.05, 0) is 36.0 Å². The first-order valence-corrected chi connectivity index (χ1v) is 6.45. The average Bonchev–Trinajstić information content (AvgIpc) is 2.16. The summed E-state index contributed by atoms with van der Waals surface area (Å²) in [5.74, 6) is 0. The van der Waals surface area contributed by atoms with Crippen LogP contribution >= 0.6 is 15.9 Å². The molecule has 0 amide bonds. The van der Waals surface area contributed by atoms with Gasteiger partial charge in [-0.25, -0.2) is 13.1 Å². The summed E-state index contributed by atoms with van der Waals surface area (Å²) in [5, 5.41) is 10.7. The number of hydrogen-bond donors (Lipinski definition) is 1. The maximum atomic E-state index is 11.5. The number of nitrogens with one attached hydrogen (secondary N) is 1. The molecule has 0 spiro atoms. The van der Waals surface area contributed by atoms with Gasteiger partial charge in [-0.15, -0.1) is 0 Å². The Morgan fingerprint density at radius 3 is 2.44 bits per heavy atom. The highest BCUT2D eigenvalue weighted by Gasteiger charge is 2.21. The van der Waals surface area contributed by atoms with Crippen LogP contribution in [0.1, 0.15) is 5.56 Å². The number of sulfonamides is 1. The van der Waals surface area contributed by atoms with Gasteiger partial charge in [0.05, 0.1) is 4.92 Å². The molecule has 0 aliphatic rings. The van der Waals surface area contributed by atoms with Crippen LogP contribution < -0.4 is 4.72 Å². The van der Waals surface area contributed by atoms with Gasteiger partial charge in [0.15, 0.2) is 0 Å². The first kappa shape index (κ1) is 13.1. The van der Waals surface area contributed by atoms with E-state index in [2.05, 4.69) is 20.7 Å². The van der Waals surface area contributed by atoms with E-state index in [9.17, 15) is 18.5 Å². The molecule has 88 valence electrons. The van der Waals surface area contributed by atoms with Crippen molar-refractivity contribution in [1.29, 1.82) is 0 Å². The smallest absolute Gasteiger partial charge is 0.258 e. The number of benzene rings is 1. The lowest BCUT2D eigenvalue weighted by atomic mass is 10.2. The first-order chi connectivity index (χ1) is 7.29. The van der Waals surface area contributed by atoms with Crippen molar-refractivity contribution in [3.63, 3.8) is 0 Å². The van der Waals surface area contributed by atoms with Crippen LogP contribution in [0.3, 0.4) is 0 Å². The second-order valence-corrected chi connectivity index (χ2v) is 5.74. The highest BCUT2D eigenvalue weighted by Crippen LogP contribution is 2.29. The molecule has 0 fully saturated rings. The molecule has 8 heteroatoms. The van der Waals surface area contributed by atoms with E-state index in [0.29, 0.717) is 10.0 Å². The summed E-state index contributed by atoms with van der Waals surface area (Å²) in [4.78, 5) is 9.91. The Hall–Kier alpha value is -0.990. The van der Waals surface area contributed by atoms with Crippen molar-refractivity contribution in [1.82, 2.24) is 4.72 Å². The lowest BCUT2D eigenvalue weighted by molar-refractivity contribution is -0.385. The standard InChI is InChI=1S/C8H9BrN2O4S/c1-5-3-6(9)8(16(14,15)10-2)4-7(5)11(12)13/h3-4,10H,1-2H3. The van der Waals surface area contributed by atoms with Crippen molar-refractivity contribution in [3.8, 4) is 0 Å². The Morgan fingerprint density at radius 2 is 2.00 bits per heavy atom. The van der Waals surface area contributed by atoms with Gasteiger partial charge in [-0.2, -0.15) is 0 Å². The molecule has 0 saturated carbocycles. The number of nitrogens with zero attached hydrogens (tertiary/aromatic N) is 1. The zero-order valence-electron chi connectivity index (χ0n) is 8.52. The van der Waals surface area contributed by atoms with Crippen molar-refractivity contribution in [2.75, 3.05) is 7.05 Å². The van der Waals surface area contributed by atoms with Gasteiger partial charge in [0.1, 0.15) is 4.90 Å². The third kappa shape index (κ3) is 2.39. The molecule has 0 bridgehead atoms. The van der Waals surface area contributed by atoms with Crippen LogP contribution in [0.2, 0.25) is 0 Å². The number of aryl methyl sites for hydroxylation is 1. The van der Waals surface area contributed by atoms with E-state index in [1.54, 1.807) is 6.92 Å². The lowest BCUT2D eigenvalue weighted by Crippen LogP contribution is -2.19. The molecule has 1 N–H and O–H groups in total. The second-order valence-electron chi connectivity index (χ2n) is 3.03. The molecule has 1 aromatic rings. The number of halogens is 1. The molecule has 0 radical (unpaired) electrons. The summed E-state index contributed by atoms with van der Waals surface area (Å²) >= 11 is 3.07. The number of hydrogen-bond acceptors (Lipinski definition) is 4. The molecule has 0 aliphatic carbocycles. The molecule has 0 aliphatic heterocycles. The fourth-order valence-corrected chi connectivity index (χ4v) is 3.05. The van der Waals surface area contributed by atoms with Gasteiger partial charge < -0.3 is 0 Å². The number of nitro benzene ring substituents is 1. The van der Waals surface area contributed by atoms with E-state index in [4.69, 9.17) is 0 Å². The van der Waals surface area contributed by atoms with E-state index in [1.165, 1.54) is 13.1 Å². The molecular weight excluding hydrogens is 300 g/mol. The quantitative estimate of drug-likeness (QED) is 0.678. The monoisotopic (exact) mass is 308 g/mol. The SMILES string of the molecule is CNS(=O)(=O)c1cc([N+](=O)[O-])c(C)cc1Br. The molecule has 0 heterocycles. The molecule has 6 nitrogen and oxygen atoms in total. The fraction of sp³-hybridized carbons (Fsp3) is 0.250. The minimum Gasteiger partial charge on any atom is -0.258 e. The Balaban J connectivity index is 3.55. The normalized spacial score (nSPS) is 11.4. The largest absolute Gasteiger partial charge is 0.273 e. The second kappa shape index (κ2) is 4.48. The minimum absolute atomic E-state index is 0.146. The van der Waals surface area contributed by atoms with Crippen LogP contribution in [0.15, 0.2) is 21.5 Å². The van der Waals surface area contributed by atoms with Crippen molar-refractivity contribution < 1.29 is 13.3 Å². The zero-order chi connectivity index (χ0) is 12.5. The third-order valence-corrected chi connectivity index (χ3v) is 4.38. The molecule has 0 atom stereocenters. The minimum atomic E-state index is -3.70. The van der Waals surface area contributed by atoms with Crippen LogP contribution in [0.25, 0.3) is 0 Å². The summed E-state index contributed by atoms with van der Waals surface area (Å²) < 4.78 is 25.5. The maximum absolute atomic E-state index is 11.5. The summed E-state index contributed by atoms with van der Waals surface area (Å²) in [6.45, 7) is 1.54.